The molecule has 1 saturated carbocycles. The van der Waals surface area contributed by atoms with Crippen LogP contribution in [0, 0.1) is 6.42 Å². The van der Waals surface area contributed by atoms with Gasteiger partial charge in [-0.25, -0.2) is 4.68 Å². The van der Waals surface area contributed by atoms with Gasteiger partial charge in [-0.15, -0.1) is 5.10 Å². The van der Waals surface area contributed by atoms with E-state index in [0.717, 1.165) is 17.9 Å². The molecule has 0 aromatic carbocycles. The van der Waals surface area contributed by atoms with Crippen LogP contribution < -0.4 is 5.32 Å². The maximum absolute atomic E-state index is 5.80. The molecule has 1 aliphatic rings. The molecule has 1 atom stereocenters. The average molecular weight is 320 g/mol. The molecule has 0 aliphatic heterocycles. The zero-order chi connectivity index (χ0) is 15.7. The van der Waals surface area contributed by atoms with Crippen molar-refractivity contribution in [2.75, 3.05) is 5.32 Å². The molecule has 0 amide bonds. The maximum atomic E-state index is 5.80. The molecule has 7 heteroatoms. The highest BCUT2D eigenvalue weighted by molar-refractivity contribution is 6.28. The summed E-state index contributed by atoms with van der Waals surface area (Å²) in [4.78, 5) is 4.13. The lowest BCUT2D eigenvalue weighted by atomic mass is 10.0. The van der Waals surface area contributed by atoms with Crippen LogP contribution >= 0.6 is 11.6 Å². The van der Waals surface area contributed by atoms with Crippen LogP contribution in [-0.4, -0.2) is 25.0 Å². The summed E-state index contributed by atoms with van der Waals surface area (Å²) in [5.74, 6) is 1.97. The third-order valence-corrected chi connectivity index (χ3v) is 3.90. The Morgan fingerprint density at radius 3 is 2.82 bits per heavy atom. The number of aromatic nitrogens is 5. The summed E-state index contributed by atoms with van der Waals surface area (Å²) in [5.41, 5.74) is 0.993. The third kappa shape index (κ3) is 3.21. The molecule has 1 aliphatic carbocycles. The van der Waals surface area contributed by atoms with E-state index in [1.54, 1.807) is 6.20 Å². The highest BCUT2D eigenvalue weighted by atomic mass is 35.5. The highest BCUT2D eigenvalue weighted by Gasteiger charge is 2.25. The van der Waals surface area contributed by atoms with Crippen molar-refractivity contribution in [3.63, 3.8) is 0 Å². The predicted octanol–water partition coefficient (Wildman–Crippen LogP) is 3.69. The van der Waals surface area contributed by atoms with Gasteiger partial charge in [-0.2, -0.15) is 15.2 Å². The van der Waals surface area contributed by atoms with Gasteiger partial charge >= 0.3 is 0 Å². The molecule has 2 aromatic rings. The van der Waals surface area contributed by atoms with E-state index >= 15 is 0 Å². The van der Waals surface area contributed by atoms with Crippen LogP contribution in [-0.2, 0) is 5.54 Å². The van der Waals surface area contributed by atoms with Gasteiger partial charge in [0.05, 0.1) is 17.4 Å². The van der Waals surface area contributed by atoms with Gasteiger partial charge in [-0.1, -0.05) is 0 Å². The fraction of sp³-hybridized carbons (Fsp3) is 0.533. The number of anilines is 2. The Morgan fingerprint density at radius 1 is 1.36 bits per heavy atom. The number of hydrogen-bond acceptors (Lipinski definition) is 5. The average Bonchev–Trinajstić information content (AvgIpc) is 3.06. The van der Waals surface area contributed by atoms with Crippen molar-refractivity contribution in [3.8, 4) is 0 Å². The van der Waals surface area contributed by atoms with Crippen molar-refractivity contribution in [3.05, 3.63) is 29.7 Å². The summed E-state index contributed by atoms with van der Waals surface area (Å²) >= 11 is 5.80. The largest absolute Gasteiger partial charge is 0.324 e. The standard InChI is InChI=1S/C15H20ClN6/c1-15(2,3)22-13(18-12-9-17-20-14(16)19-12)8-11(21-22)10-6-4-5-7-10/h4,8-10H,5-7H2,1-3H3,(H,18,19,20)/t10-/m0/s1. The molecule has 2 heterocycles. The van der Waals surface area contributed by atoms with Gasteiger partial charge in [-0.05, 0) is 58.1 Å². The van der Waals surface area contributed by atoms with Crippen molar-refractivity contribution in [2.24, 2.45) is 0 Å². The van der Waals surface area contributed by atoms with Gasteiger partial charge in [0.25, 0.3) is 0 Å². The number of nitrogens with one attached hydrogen (secondary N) is 1. The Hall–Kier alpha value is -1.69. The highest BCUT2D eigenvalue weighted by Crippen LogP contribution is 2.35. The van der Waals surface area contributed by atoms with E-state index in [-0.39, 0.29) is 10.8 Å². The monoisotopic (exact) mass is 319 g/mol. The van der Waals surface area contributed by atoms with Gasteiger partial charge in [0.2, 0.25) is 5.28 Å². The molecule has 1 fully saturated rings. The van der Waals surface area contributed by atoms with E-state index in [1.807, 2.05) is 4.68 Å². The third-order valence-electron chi connectivity index (χ3n) is 3.74. The molecule has 0 unspecified atom stereocenters. The van der Waals surface area contributed by atoms with E-state index in [0.29, 0.717) is 11.7 Å². The normalized spacial score (nSPS) is 16.2. The topological polar surface area (TPSA) is 68.5 Å². The Bertz CT molecular complexity index is 654. The minimum atomic E-state index is -0.132. The van der Waals surface area contributed by atoms with E-state index in [9.17, 15) is 0 Å². The van der Waals surface area contributed by atoms with Crippen molar-refractivity contribution in [2.45, 2.75) is 51.5 Å². The summed E-state index contributed by atoms with van der Waals surface area (Å²) in [6, 6.07) is 2.10. The first-order valence-electron chi connectivity index (χ1n) is 7.48. The molecule has 0 bridgehead atoms. The second-order valence-corrected chi connectivity index (χ2v) is 6.91. The fourth-order valence-corrected chi connectivity index (χ4v) is 2.83. The minimum absolute atomic E-state index is 0.123. The molecule has 0 saturated heterocycles. The van der Waals surface area contributed by atoms with Crippen molar-refractivity contribution in [1.29, 1.82) is 0 Å². The Labute approximate surface area is 135 Å². The van der Waals surface area contributed by atoms with Crippen LogP contribution in [0.15, 0.2) is 12.3 Å². The lowest BCUT2D eigenvalue weighted by Gasteiger charge is -2.22. The SMILES string of the molecule is CC(C)(C)n1nc([C@H]2C[CH]CC2)cc1Nc1cnnc(Cl)n1. The van der Waals surface area contributed by atoms with Gasteiger partial charge in [-0.3, -0.25) is 0 Å². The summed E-state index contributed by atoms with van der Waals surface area (Å²) < 4.78 is 2.00. The molecule has 22 heavy (non-hydrogen) atoms. The lowest BCUT2D eigenvalue weighted by Crippen LogP contribution is -2.25. The Kier molecular flexibility index (Phi) is 4.04. The molecular weight excluding hydrogens is 300 g/mol. The molecule has 117 valence electrons. The summed E-state index contributed by atoms with van der Waals surface area (Å²) in [6.07, 6.45) is 7.32. The quantitative estimate of drug-likeness (QED) is 0.934. The molecular formula is C15H20ClN6. The second-order valence-electron chi connectivity index (χ2n) is 6.57. The van der Waals surface area contributed by atoms with Crippen LogP contribution in [0.1, 0.15) is 51.6 Å². The van der Waals surface area contributed by atoms with Crippen LogP contribution in [0.3, 0.4) is 0 Å². The molecule has 6 nitrogen and oxygen atoms in total. The number of halogens is 1. The number of hydrogen-bond donors (Lipinski definition) is 1. The van der Waals surface area contributed by atoms with Crippen LogP contribution in [0.5, 0.6) is 0 Å². The van der Waals surface area contributed by atoms with E-state index in [4.69, 9.17) is 16.7 Å². The van der Waals surface area contributed by atoms with E-state index < -0.39 is 0 Å². The zero-order valence-corrected chi connectivity index (χ0v) is 13.8. The first-order valence-corrected chi connectivity index (χ1v) is 7.85. The number of rotatable bonds is 3. The van der Waals surface area contributed by atoms with Crippen molar-refractivity contribution >= 4 is 23.2 Å². The molecule has 1 N–H and O–H groups in total. The van der Waals surface area contributed by atoms with Crippen molar-refractivity contribution < 1.29 is 0 Å². The Morgan fingerprint density at radius 2 is 2.18 bits per heavy atom. The summed E-state index contributed by atoms with van der Waals surface area (Å²) in [5, 5.41) is 15.7. The molecule has 0 spiro atoms. The van der Waals surface area contributed by atoms with E-state index in [2.05, 4.69) is 53.8 Å². The molecule has 1 radical (unpaired) electrons. The minimum Gasteiger partial charge on any atom is -0.324 e. The van der Waals surface area contributed by atoms with Crippen LogP contribution in [0.2, 0.25) is 5.28 Å². The maximum Gasteiger partial charge on any atom is 0.244 e. The van der Waals surface area contributed by atoms with Crippen molar-refractivity contribution in [1.82, 2.24) is 25.0 Å². The first-order chi connectivity index (χ1) is 10.4. The zero-order valence-electron chi connectivity index (χ0n) is 13.0. The summed E-state index contributed by atoms with van der Waals surface area (Å²) in [6.45, 7) is 6.38. The molecule has 2 aromatic heterocycles. The van der Waals surface area contributed by atoms with Gasteiger partial charge < -0.3 is 5.32 Å². The number of nitrogens with zero attached hydrogens (tertiary/aromatic N) is 5. The van der Waals surface area contributed by atoms with Crippen LogP contribution in [0.25, 0.3) is 0 Å². The molecule has 3 rings (SSSR count). The lowest BCUT2D eigenvalue weighted by molar-refractivity contribution is 0.357. The second kappa shape index (κ2) is 5.83. The van der Waals surface area contributed by atoms with Gasteiger partial charge in [0, 0.05) is 12.0 Å². The summed E-state index contributed by atoms with van der Waals surface area (Å²) in [7, 11) is 0. The van der Waals surface area contributed by atoms with Gasteiger partial charge in [0.1, 0.15) is 5.82 Å². The Balaban J connectivity index is 1.94. The van der Waals surface area contributed by atoms with Gasteiger partial charge in [0.15, 0.2) is 5.82 Å². The predicted molar refractivity (Wildman–Crippen MR) is 86.2 cm³/mol. The van der Waals surface area contributed by atoms with E-state index in [1.165, 1.54) is 12.8 Å². The smallest absolute Gasteiger partial charge is 0.244 e. The van der Waals surface area contributed by atoms with Crippen LogP contribution in [0.4, 0.5) is 11.6 Å². The first kappa shape index (κ1) is 15.2. The fourth-order valence-electron chi connectivity index (χ4n) is 2.70.